The summed E-state index contributed by atoms with van der Waals surface area (Å²) in [5.41, 5.74) is -0.177. The van der Waals surface area contributed by atoms with E-state index in [4.69, 9.17) is 9.47 Å². The molecule has 0 radical (unpaired) electrons. The maximum atomic E-state index is 14.1. The molecule has 8 nitrogen and oxygen atoms in total. The molecule has 3 heterocycles. The molecule has 2 unspecified atom stereocenters. The monoisotopic (exact) mass is 482 g/mol. The summed E-state index contributed by atoms with van der Waals surface area (Å²) in [6, 6.07) is 8.04. The van der Waals surface area contributed by atoms with E-state index in [1.807, 2.05) is 30.3 Å². The van der Waals surface area contributed by atoms with Crippen molar-refractivity contribution in [1.82, 2.24) is 9.80 Å². The Bertz CT molecular complexity index is 981. The van der Waals surface area contributed by atoms with Crippen LogP contribution in [0.2, 0.25) is 0 Å². The van der Waals surface area contributed by atoms with Crippen molar-refractivity contribution in [3.63, 3.8) is 0 Å². The fourth-order valence-electron chi connectivity index (χ4n) is 5.90. The number of rotatable bonds is 11. The molecule has 188 valence electrons. The molecular formula is C27H34N2O6. The van der Waals surface area contributed by atoms with E-state index in [1.165, 1.54) is 4.90 Å². The maximum Gasteiger partial charge on any atom is 0.312 e. The number of nitrogens with zero attached hydrogens (tertiary/aromatic N) is 2. The van der Waals surface area contributed by atoms with Crippen LogP contribution >= 0.6 is 0 Å². The molecule has 0 aromatic heterocycles. The summed E-state index contributed by atoms with van der Waals surface area (Å²) in [4.78, 5) is 44.0. The fraction of sp³-hybridized carbons (Fsp3) is 0.519. The zero-order valence-electron chi connectivity index (χ0n) is 20.2. The van der Waals surface area contributed by atoms with Crippen molar-refractivity contribution in [2.45, 2.75) is 56.5 Å². The van der Waals surface area contributed by atoms with Crippen LogP contribution in [-0.4, -0.2) is 76.2 Å². The third-order valence-corrected chi connectivity index (χ3v) is 7.43. The van der Waals surface area contributed by atoms with Crippen LogP contribution in [0.15, 0.2) is 55.6 Å². The normalized spacial score (nSPS) is 29.5. The Labute approximate surface area is 206 Å². The predicted octanol–water partition coefficient (Wildman–Crippen LogP) is 2.08. The molecule has 0 aliphatic carbocycles. The third kappa shape index (κ3) is 4.29. The van der Waals surface area contributed by atoms with Gasteiger partial charge in [-0.25, -0.2) is 0 Å². The summed E-state index contributed by atoms with van der Waals surface area (Å²) in [5.74, 6) is -2.67. The zero-order chi connectivity index (χ0) is 25.2. The molecule has 1 spiro atoms. The van der Waals surface area contributed by atoms with Gasteiger partial charge in [-0.2, -0.15) is 0 Å². The van der Waals surface area contributed by atoms with Crippen molar-refractivity contribution in [2.24, 2.45) is 11.8 Å². The number of benzene rings is 1. The van der Waals surface area contributed by atoms with Gasteiger partial charge in [-0.3, -0.25) is 14.4 Å². The third-order valence-electron chi connectivity index (χ3n) is 7.43. The first-order valence-corrected chi connectivity index (χ1v) is 12.2. The van der Waals surface area contributed by atoms with E-state index in [9.17, 15) is 19.5 Å². The number of likely N-dealkylation sites (tertiary alicyclic amines) is 1. The van der Waals surface area contributed by atoms with Crippen molar-refractivity contribution in [1.29, 1.82) is 0 Å². The Kier molecular flexibility index (Phi) is 7.42. The molecular weight excluding hydrogens is 448 g/mol. The molecule has 4 rings (SSSR count). The highest BCUT2D eigenvalue weighted by atomic mass is 16.6. The minimum Gasteiger partial charge on any atom is -0.465 e. The quantitative estimate of drug-likeness (QED) is 0.295. The second-order valence-corrected chi connectivity index (χ2v) is 9.57. The number of ether oxygens (including phenoxy) is 2. The van der Waals surface area contributed by atoms with Crippen molar-refractivity contribution < 1.29 is 29.0 Å². The molecule has 3 aliphatic heterocycles. The lowest BCUT2D eigenvalue weighted by atomic mass is 9.70. The molecule has 3 saturated heterocycles. The van der Waals surface area contributed by atoms with Gasteiger partial charge >= 0.3 is 5.97 Å². The number of hydrogen-bond donors (Lipinski definition) is 1. The second kappa shape index (κ2) is 10.3. The maximum absolute atomic E-state index is 14.1. The van der Waals surface area contributed by atoms with Gasteiger partial charge in [0.2, 0.25) is 11.8 Å². The predicted molar refractivity (Wildman–Crippen MR) is 129 cm³/mol. The van der Waals surface area contributed by atoms with Crippen LogP contribution in [0.5, 0.6) is 0 Å². The number of carbonyl (C=O) groups excluding carboxylic acids is 3. The molecule has 2 bridgehead atoms. The van der Waals surface area contributed by atoms with Crippen LogP contribution in [0.4, 0.5) is 0 Å². The van der Waals surface area contributed by atoms with Gasteiger partial charge in [-0.15, -0.1) is 13.2 Å². The number of hydrogen-bond acceptors (Lipinski definition) is 6. The lowest BCUT2D eigenvalue weighted by molar-refractivity contribution is -0.156. The first-order chi connectivity index (χ1) is 16.9. The Hall–Kier alpha value is -2.97. The molecule has 1 N–H and O–H groups in total. The highest BCUT2D eigenvalue weighted by Crippen LogP contribution is 2.59. The molecule has 2 amide bonds. The standard InChI is InChI=1S/C27H34N2O6/c1-4-6-15-34-26(33)21-20-12-13-27(35-20)22(21)24(31)29(18(3)17-30)23(27)25(32)28(14-5-2)16-19-10-8-7-9-11-19/h4-5,7-11,18,20-23,30H,1-2,6,12-17H2,3H3/t18-,20-,21+,22+,23?,27?/m1/s1. The second-order valence-electron chi connectivity index (χ2n) is 9.57. The number of carbonyl (C=O) groups is 3. The van der Waals surface area contributed by atoms with Crippen LogP contribution in [0.25, 0.3) is 0 Å². The van der Waals surface area contributed by atoms with E-state index >= 15 is 0 Å². The summed E-state index contributed by atoms with van der Waals surface area (Å²) >= 11 is 0. The average Bonchev–Trinajstić information content (AvgIpc) is 3.51. The Morgan fingerprint density at radius 3 is 2.71 bits per heavy atom. The minimum atomic E-state index is -1.12. The fourth-order valence-corrected chi connectivity index (χ4v) is 5.90. The summed E-state index contributed by atoms with van der Waals surface area (Å²) in [5, 5.41) is 9.96. The van der Waals surface area contributed by atoms with E-state index in [-0.39, 0.29) is 31.6 Å². The number of aliphatic hydroxyl groups excluding tert-OH is 1. The lowest BCUT2D eigenvalue weighted by Crippen LogP contribution is -2.58. The molecule has 6 atom stereocenters. The number of aliphatic hydroxyl groups is 1. The van der Waals surface area contributed by atoms with E-state index in [0.717, 1.165) is 5.56 Å². The van der Waals surface area contributed by atoms with Gasteiger partial charge in [0.05, 0.1) is 37.2 Å². The highest BCUT2D eigenvalue weighted by Gasteiger charge is 2.75. The van der Waals surface area contributed by atoms with E-state index in [0.29, 0.717) is 25.8 Å². The van der Waals surface area contributed by atoms with Gasteiger partial charge in [-0.05, 0) is 31.7 Å². The van der Waals surface area contributed by atoms with Crippen molar-refractivity contribution in [2.75, 3.05) is 19.8 Å². The van der Waals surface area contributed by atoms with Crippen molar-refractivity contribution in [3.05, 3.63) is 61.2 Å². The smallest absolute Gasteiger partial charge is 0.312 e. The lowest BCUT2D eigenvalue weighted by Gasteiger charge is -2.38. The average molecular weight is 483 g/mol. The first-order valence-electron chi connectivity index (χ1n) is 12.2. The van der Waals surface area contributed by atoms with Crippen molar-refractivity contribution in [3.8, 4) is 0 Å². The molecule has 35 heavy (non-hydrogen) atoms. The molecule has 3 aliphatic rings. The van der Waals surface area contributed by atoms with Crippen LogP contribution in [0, 0.1) is 11.8 Å². The van der Waals surface area contributed by atoms with Gasteiger partial charge < -0.3 is 24.4 Å². The van der Waals surface area contributed by atoms with E-state index in [1.54, 1.807) is 24.0 Å². The molecule has 3 fully saturated rings. The zero-order valence-corrected chi connectivity index (χ0v) is 20.2. The van der Waals surface area contributed by atoms with E-state index in [2.05, 4.69) is 13.2 Å². The van der Waals surface area contributed by atoms with Crippen LogP contribution in [-0.2, 0) is 30.4 Å². The van der Waals surface area contributed by atoms with Crippen LogP contribution < -0.4 is 0 Å². The Balaban J connectivity index is 1.69. The van der Waals surface area contributed by atoms with E-state index < -0.39 is 41.6 Å². The summed E-state index contributed by atoms with van der Waals surface area (Å²) in [6.45, 7) is 9.65. The molecule has 8 heteroatoms. The molecule has 1 aromatic rings. The summed E-state index contributed by atoms with van der Waals surface area (Å²) in [7, 11) is 0. The topological polar surface area (TPSA) is 96.4 Å². The Morgan fingerprint density at radius 2 is 2.06 bits per heavy atom. The molecule has 1 aromatic carbocycles. The Morgan fingerprint density at radius 1 is 1.31 bits per heavy atom. The number of fused-ring (bicyclic) bond motifs is 1. The first kappa shape index (κ1) is 25.1. The number of amides is 2. The molecule has 0 saturated carbocycles. The largest absolute Gasteiger partial charge is 0.465 e. The minimum absolute atomic E-state index is 0.183. The SMILES string of the molecule is C=CCCOC(=O)[C@@H]1[C@H]2C(=O)N([C@H](C)CO)C(C(=O)N(CC=C)Cc3ccccc3)C23CC[C@H]1O3. The summed E-state index contributed by atoms with van der Waals surface area (Å²) in [6.07, 6.45) is 4.41. The van der Waals surface area contributed by atoms with Gasteiger partial charge in [0, 0.05) is 13.1 Å². The van der Waals surface area contributed by atoms with Gasteiger partial charge in [0.15, 0.2) is 0 Å². The van der Waals surface area contributed by atoms with Gasteiger partial charge in [0.25, 0.3) is 0 Å². The summed E-state index contributed by atoms with van der Waals surface area (Å²) < 4.78 is 11.8. The van der Waals surface area contributed by atoms with Crippen LogP contribution in [0.1, 0.15) is 31.7 Å². The number of esters is 1. The highest BCUT2D eigenvalue weighted by molar-refractivity contribution is 5.98. The van der Waals surface area contributed by atoms with Gasteiger partial charge in [0.1, 0.15) is 11.6 Å². The van der Waals surface area contributed by atoms with Gasteiger partial charge in [-0.1, -0.05) is 42.5 Å². The van der Waals surface area contributed by atoms with Crippen molar-refractivity contribution >= 4 is 17.8 Å². The van der Waals surface area contributed by atoms with Crippen LogP contribution in [0.3, 0.4) is 0 Å².